The Balaban J connectivity index is 1.68. The molecular formula is C13H17ClN6O3. The van der Waals surface area contributed by atoms with Crippen molar-refractivity contribution < 1.29 is 9.72 Å². The first-order chi connectivity index (χ1) is 11.0. The second-order valence-corrected chi connectivity index (χ2v) is 5.44. The molecule has 10 heteroatoms. The van der Waals surface area contributed by atoms with E-state index in [1.165, 1.54) is 10.7 Å². The number of aryl methyl sites for hydroxylation is 3. The molecule has 0 aliphatic carbocycles. The maximum absolute atomic E-state index is 11.8. The molecule has 0 bridgehead atoms. The highest BCUT2D eigenvalue weighted by molar-refractivity contribution is 6.30. The Labute approximate surface area is 137 Å². The molecule has 0 unspecified atom stereocenters. The Morgan fingerprint density at radius 3 is 2.87 bits per heavy atom. The fourth-order valence-electron chi connectivity index (χ4n) is 2.03. The quantitative estimate of drug-likeness (QED) is 0.445. The third-order valence-electron chi connectivity index (χ3n) is 3.19. The molecule has 2 aromatic heterocycles. The van der Waals surface area contributed by atoms with E-state index >= 15 is 0 Å². The van der Waals surface area contributed by atoms with Crippen LogP contribution in [-0.4, -0.2) is 36.9 Å². The number of amides is 1. The number of hydrogen-bond acceptors (Lipinski definition) is 5. The lowest BCUT2D eigenvalue weighted by molar-refractivity contribution is -0.389. The van der Waals surface area contributed by atoms with Crippen molar-refractivity contribution in [3.05, 3.63) is 39.3 Å². The van der Waals surface area contributed by atoms with Crippen molar-refractivity contribution >= 4 is 23.3 Å². The van der Waals surface area contributed by atoms with E-state index in [9.17, 15) is 14.9 Å². The Bertz CT molecular complexity index is 696. The highest BCUT2D eigenvalue weighted by Crippen LogP contribution is 2.11. The molecule has 1 amide bonds. The van der Waals surface area contributed by atoms with Crippen molar-refractivity contribution in [1.29, 1.82) is 0 Å². The molecular weight excluding hydrogens is 324 g/mol. The van der Waals surface area contributed by atoms with Gasteiger partial charge in [0.2, 0.25) is 5.91 Å². The van der Waals surface area contributed by atoms with Gasteiger partial charge in [0.25, 0.3) is 0 Å². The lowest BCUT2D eigenvalue weighted by Crippen LogP contribution is -2.26. The molecule has 0 saturated heterocycles. The van der Waals surface area contributed by atoms with E-state index in [4.69, 9.17) is 11.6 Å². The predicted molar refractivity (Wildman–Crippen MR) is 83.1 cm³/mol. The molecule has 0 aliphatic heterocycles. The molecule has 0 aromatic carbocycles. The third kappa shape index (κ3) is 5.06. The number of carbonyl (C=O) groups is 1. The molecule has 2 heterocycles. The number of nitrogens with one attached hydrogen (secondary N) is 1. The number of rotatable bonds is 8. The third-order valence-corrected chi connectivity index (χ3v) is 3.39. The lowest BCUT2D eigenvalue weighted by Gasteiger charge is -2.05. The number of nitro groups is 1. The van der Waals surface area contributed by atoms with Crippen LogP contribution in [0.1, 0.15) is 18.5 Å². The van der Waals surface area contributed by atoms with Gasteiger partial charge in [0.15, 0.2) is 0 Å². The number of nitrogens with zero attached hydrogens (tertiary/aromatic N) is 5. The fourth-order valence-corrected chi connectivity index (χ4v) is 2.19. The van der Waals surface area contributed by atoms with Gasteiger partial charge in [-0.1, -0.05) is 11.6 Å². The van der Waals surface area contributed by atoms with Gasteiger partial charge in [0, 0.05) is 25.7 Å². The molecule has 2 aromatic rings. The van der Waals surface area contributed by atoms with Gasteiger partial charge in [-0.15, -0.1) is 0 Å². The minimum Gasteiger partial charge on any atom is -0.358 e. The minimum absolute atomic E-state index is 0.124. The number of hydrogen-bond donors (Lipinski definition) is 1. The van der Waals surface area contributed by atoms with Gasteiger partial charge in [-0.25, -0.2) is 0 Å². The summed E-state index contributed by atoms with van der Waals surface area (Å²) in [5, 5.41) is 21.9. The topological polar surface area (TPSA) is 108 Å². The predicted octanol–water partition coefficient (Wildman–Crippen LogP) is 1.55. The van der Waals surface area contributed by atoms with E-state index in [0.717, 1.165) is 6.42 Å². The molecule has 0 atom stereocenters. The molecule has 2 rings (SSSR count). The summed E-state index contributed by atoms with van der Waals surface area (Å²) in [5.41, 5.74) is 0.653. The molecule has 0 radical (unpaired) electrons. The second kappa shape index (κ2) is 7.73. The normalized spacial score (nSPS) is 10.7. The standard InChI is InChI=1S/C13H17ClN6O3/c1-10-7-12(20(22)23)17-19(10)6-3-13(21)15-4-2-5-18-9-11(14)8-16-18/h7-9H,2-6H2,1H3,(H,15,21). The van der Waals surface area contributed by atoms with E-state index in [1.54, 1.807) is 24.0 Å². The van der Waals surface area contributed by atoms with Gasteiger partial charge in [0.1, 0.15) is 0 Å². The molecule has 124 valence electrons. The van der Waals surface area contributed by atoms with Crippen molar-refractivity contribution in [3.8, 4) is 0 Å². The van der Waals surface area contributed by atoms with Crippen LogP contribution in [0.2, 0.25) is 5.02 Å². The highest BCUT2D eigenvalue weighted by atomic mass is 35.5. The van der Waals surface area contributed by atoms with Crippen molar-refractivity contribution in [2.45, 2.75) is 32.9 Å². The summed E-state index contributed by atoms with van der Waals surface area (Å²) >= 11 is 5.75. The van der Waals surface area contributed by atoms with Gasteiger partial charge in [-0.05, 0) is 18.3 Å². The Kier molecular flexibility index (Phi) is 5.69. The summed E-state index contributed by atoms with van der Waals surface area (Å²) in [6, 6.07) is 1.38. The van der Waals surface area contributed by atoms with Gasteiger partial charge in [-0.3, -0.25) is 9.48 Å². The summed E-state index contributed by atoms with van der Waals surface area (Å²) in [5.74, 6) is -0.332. The average Bonchev–Trinajstić information content (AvgIpc) is 3.07. The zero-order valence-corrected chi connectivity index (χ0v) is 13.4. The summed E-state index contributed by atoms with van der Waals surface area (Å²) in [6.07, 6.45) is 4.23. The van der Waals surface area contributed by atoms with Crippen LogP contribution in [0.15, 0.2) is 18.5 Å². The van der Waals surface area contributed by atoms with Crippen LogP contribution in [0.25, 0.3) is 0 Å². The summed E-state index contributed by atoms with van der Waals surface area (Å²) in [7, 11) is 0. The number of carbonyl (C=O) groups excluding carboxylic acids is 1. The van der Waals surface area contributed by atoms with Crippen molar-refractivity contribution in [2.75, 3.05) is 6.54 Å². The first-order valence-electron chi connectivity index (χ1n) is 7.09. The molecule has 0 aliphatic rings. The van der Waals surface area contributed by atoms with Crippen LogP contribution >= 0.6 is 11.6 Å². The minimum atomic E-state index is -0.550. The zero-order chi connectivity index (χ0) is 16.8. The monoisotopic (exact) mass is 340 g/mol. The SMILES string of the molecule is Cc1cc([N+](=O)[O-])nn1CCC(=O)NCCCn1cc(Cl)cn1. The van der Waals surface area contributed by atoms with E-state index in [2.05, 4.69) is 15.5 Å². The van der Waals surface area contributed by atoms with Crippen LogP contribution in [0.5, 0.6) is 0 Å². The maximum atomic E-state index is 11.8. The van der Waals surface area contributed by atoms with Crippen molar-refractivity contribution in [2.24, 2.45) is 0 Å². The smallest absolute Gasteiger partial charge is 0.358 e. The van der Waals surface area contributed by atoms with E-state index in [-0.39, 0.29) is 18.1 Å². The molecule has 0 spiro atoms. The first-order valence-corrected chi connectivity index (χ1v) is 7.47. The van der Waals surface area contributed by atoms with Crippen LogP contribution in [0.4, 0.5) is 5.82 Å². The summed E-state index contributed by atoms with van der Waals surface area (Å²) in [6.45, 7) is 3.21. The van der Waals surface area contributed by atoms with E-state index in [1.807, 2.05) is 0 Å². The summed E-state index contributed by atoms with van der Waals surface area (Å²) in [4.78, 5) is 21.8. The molecule has 0 fully saturated rings. The number of aromatic nitrogens is 4. The fraction of sp³-hybridized carbons (Fsp3) is 0.462. The highest BCUT2D eigenvalue weighted by Gasteiger charge is 2.15. The van der Waals surface area contributed by atoms with E-state index in [0.29, 0.717) is 30.4 Å². The molecule has 0 saturated carbocycles. The van der Waals surface area contributed by atoms with Crippen molar-refractivity contribution in [3.63, 3.8) is 0 Å². The van der Waals surface area contributed by atoms with Gasteiger partial charge in [0.05, 0.1) is 34.6 Å². The van der Waals surface area contributed by atoms with Crippen LogP contribution in [0, 0.1) is 17.0 Å². The van der Waals surface area contributed by atoms with Crippen molar-refractivity contribution in [1.82, 2.24) is 24.9 Å². The molecule has 1 N–H and O–H groups in total. The second-order valence-electron chi connectivity index (χ2n) is 5.00. The largest absolute Gasteiger partial charge is 0.390 e. The zero-order valence-electron chi connectivity index (χ0n) is 12.6. The lowest BCUT2D eigenvalue weighted by atomic mass is 10.3. The Hall–Kier alpha value is -2.42. The number of halogens is 1. The van der Waals surface area contributed by atoms with Gasteiger partial charge < -0.3 is 15.4 Å². The molecule has 23 heavy (non-hydrogen) atoms. The van der Waals surface area contributed by atoms with Gasteiger partial charge >= 0.3 is 5.82 Å². The van der Waals surface area contributed by atoms with Crippen LogP contribution in [-0.2, 0) is 17.9 Å². The Morgan fingerprint density at radius 1 is 1.48 bits per heavy atom. The summed E-state index contributed by atoms with van der Waals surface area (Å²) < 4.78 is 3.17. The van der Waals surface area contributed by atoms with Gasteiger partial charge in [-0.2, -0.15) is 9.78 Å². The average molecular weight is 341 g/mol. The Morgan fingerprint density at radius 2 is 2.26 bits per heavy atom. The van der Waals surface area contributed by atoms with Crippen LogP contribution in [0.3, 0.4) is 0 Å². The first kappa shape index (κ1) is 16.9. The van der Waals surface area contributed by atoms with Crippen LogP contribution < -0.4 is 5.32 Å². The maximum Gasteiger partial charge on any atom is 0.390 e. The van der Waals surface area contributed by atoms with E-state index < -0.39 is 4.92 Å². The molecule has 9 nitrogen and oxygen atoms in total.